The Morgan fingerprint density at radius 2 is 2.26 bits per heavy atom. The van der Waals surface area contributed by atoms with E-state index >= 15 is 0 Å². The number of amides is 1. The van der Waals surface area contributed by atoms with E-state index in [1.807, 2.05) is 0 Å². The summed E-state index contributed by atoms with van der Waals surface area (Å²) in [6.45, 7) is 4.16. The lowest BCUT2D eigenvalue weighted by atomic mass is 9.94. The zero-order chi connectivity index (χ0) is 14.0. The molecule has 0 radical (unpaired) electrons. The summed E-state index contributed by atoms with van der Waals surface area (Å²) in [5, 5.41) is 3.62. The molecule has 0 aromatic heterocycles. The molecule has 1 aromatic carbocycles. The minimum atomic E-state index is -0.115. The highest BCUT2D eigenvalue weighted by Gasteiger charge is 2.26. The number of benzene rings is 1. The molecule has 1 heterocycles. The van der Waals surface area contributed by atoms with Gasteiger partial charge >= 0.3 is 0 Å². The summed E-state index contributed by atoms with van der Waals surface area (Å²) in [7, 11) is 2.10. The standard InChI is InChI=1S/C14H20ClN3O/c1-9-8-18(2)6-5-13(9)17-14(19)11-4-3-10(15)7-12(11)16/h3-4,7,9,13H,5-6,8,16H2,1-2H3,(H,17,19). The van der Waals surface area contributed by atoms with Crippen molar-refractivity contribution in [3.63, 3.8) is 0 Å². The van der Waals surface area contributed by atoms with Gasteiger partial charge in [0.1, 0.15) is 0 Å². The van der Waals surface area contributed by atoms with Crippen molar-refractivity contribution < 1.29 is 4.79 Å². The highest BCUT2D eigenvalue weighted by Crippen LogP contribution is 2.20. The lowest BCUT2D eigenvalue weighted by Crippen LogP contribution is -2.48. The summed E-state index contributed by atoms with van der Waals surface area (Å²) in [4.78, 5) is 14.5. The highest BCUT2D eigenvalue weighted by atomic mass is 35.5. The van der Waals surface area contributed by atoms with Crippen LogP contribution < -0.4 is 11.1 Å². The Morgan fingerprint density at radius 3 is 2.89 bits per heavy atom. The minimum absolute atomic E-state index is 0.115. The third kappa shape index (κ3) is 3.39. The van der Waals surface area contributed by atoms with Crippen molar-refractivity contribution in [2.75, 3.05) is 25.9 Å². The monoisotopic (exact) mass is 281 g/mol. The zero-order valence-electron chi connectivity index (χ0n) is 11.3. The Labute approximate surface area is 118 Å². The fraction of sp³-hybridized carbons (Fsp3) is 0.500. The van der Waals surface area contributed by atoms with Crippen LogP contribution in [0.3, 0.4) is 0 Å². The lowest BCUT2D eigenvalue weighted by Gasteiger charge is -2.35. The van der Waals surface area contributed by atoms with Gasteiger partial charge in [0.2, 0.25) is 0 Å². The quantitative estimate of drug-likeness (QED) is 0.815. The first-order valence-electron chi connectivity index (χ1n) is 6.52. The van der Waals surface area contributed by atoms with Crippen molar-refractivity contribution in [1.29, 1.82) is 0 Å². The van der Waals surface area contributed by atoms with Crippen molar-refractivity contribution in [2.24, 2.45) is 5.92 Å². The molecule has 4 nitrogen and oxygen atoms in total. The smallest absolute Gasteiger partial charge is 0.253 e. The minimum Gasteiger partial charge on any atom is -0.398 e. The molecule has 0 spiro atoms. The number of nitrogens with one attached hydrogen (secondary N) is 1. The first-order chi connectivity index (χ1) is 8.97. The summed E-state index contributed by atoms with van der Waals surface area (Å²) in [5.74, 6) is 0.326. The summed E-state index contributed by atoms with van der Waals surface area (Å²) in [5.41, 5.74) is 6.75. The van der Waals surface area contributed by atoms with Crippen LogP contribution in [0.5, 0.6) is 0 Å². The number of rotatable bonds is 2. The van der Waals surface area contributed by atoms with Gasteiger partial charge in [0.05, 0.1) is 5.56 Å². The fourth-order valence-corrected chi connectivity index (χ4v) is 2.74. The Balaban J connectivity index is 2.04. The highest BCUT2D eigenvalue weighted by molar-refractivity contribution is 6.31. The molecule has 1 amide bonds. The van der Waals surface area contributed by atoms with Gasteiger partial charge in [0, 0.05) is 23.3 Å². The number of hydrogen-bond donors (Lipinski definition) is 2. The third-order valence-electron chi connectivity index (χ3n) is 3.68. The molecule has 2 atom stereocenters. The van der Waals surface area contributed by atoms with Crippen LogP contribution in [0.25, 0.3) is 0 Å². The second-order valence-corrected chi connectivity index (χ2v) is 5.78. The number of carbonyl (C=O) groups excluding carboxylic acids is 1. The molecule has 1 saturated heterocycles. The maximum atomic E-state index is 12.2. The Hall–Kier alpha value is -1.26. The summed E-state index contributed by atoms with van der Waals surface area (Å²) in [6, 6.07) is 5.17. The lowest BCUT2D eigenvalue weighted by molar-refractivity contribution is 0.0885. The van der Waals surface area contributed by atoms with Gasteiger partial charge in [-0.3, -0.25) is 4.79 Å². The van der Waals surface area contributed by atoms with E-state index in [0.717, 1.165) is 19.5 Å². The van der Waals surface area contributed by atoms with Crippen molar-refractivity contribution in [2.45, 2.75) is 19.4 Å². The number of nitrogen functional groups attached to an aromatic ring is 1. The molecule has 5 heteroatoms. The molecule has 2 rings (SSSR count). The molecular weight excluding hydrogens is 262 g/mol. The van der Waals surface area contributed by atoms with Crippen LogP contribution in [0.1, 0.15) is 23.7 Å². The Kier molecular flexibility index (Phi) is 4.32. The summed E-state index contributed by atoms with van der Waals surface area (Å²) >= 11 is 5.84. The van der Waals surface area contributed by atoms with Gasteiger partial charge in [-0.15, -0.1) is 0 Å². The number of nitrogens with two attached hydrogens (primary N) is 1. The molecule has 0 bridgehead atoms. The van der Waals surface area contributed by atoms with Gasteiger partial charge in [0.15, 0.2) is 0 Å². The van der Waals surface area contributed by atoms with Gasteiger partial charge in [-0.1, -0.05) is 18.5 Å². The fourth-order valence-electron chi connectivity index (χ4n) is 2.56. The van der Waals surface area contributed by atoms with Crippen LogP contribution in [0.4, 0.5) is 5.69 Å². The average Bonchev–Trinajstić information content (AvgIpc) is 2.32. The number of likely N-dealkylation sites (tertiary alicyclic amines) is 1. The molecule has 0 aliphatic carbocycles. The van der Waals surface area contributed by atoms with E-state index in [2.05, 4.69) is 24.2 Å². The normalized spacial score (nSPS) is 24.2. The van der Waals surface area contributed by atoms with Crippen molar-refractivity contribution >= 4 is 23.2 Å². The van der Waals surface area contributed by atoms with Crippen LogP contribution >= 0.6 is 11.6 Å². The predicted molar refractivity (Wildman–Crippen MR) is 78.4 cm³/mol. The number of hydrogen-bond acceptors (Lipinski definition) is 3. The Bertz CT molecular complexity index is 478. The predicted octanol–water partition coefficient (Wildman–Crippen LogP) is 1.99. The molecule has 1 fully saturated rings. The zero-order valence-corrected chi connectivity index (χ0v) is 12.1. The van der Waals surface area contributed by atoms with Crippen molar-refractivity contribution in [3.8, 4) is 0 Å². The number of piperidine rings is 1. The Morgan fingerprint density at radius 1 is 1.53 bits per heavy atom. The van der Waals surface area contributed by atoms with Crippen molar-refractivity contribution in [3.05, 3.63) is 28.8 Å². The molecular formula is C14H20ClN3O. The van der Waals surface area contributed by atoms with Crippen LogP contribution in [0.2, 0.25) is 5.02 Å². The molecule has 1 aliphatic heterocycles. The van der Waals surface area contributed by atoms with Crippen molar-refractivity contribution in [1.82, 2.24) is 10.2 Å². The molecule has 0 saturated carbocycles. The maximum absolute atomic E-state index is 12.2. The summed E-state index contributed by atoms with van der Waals surface area (Å²) < 4.78 is 0. The van der Waals surface area contributed by atoms with Gasteiger partial charge in [-0.25, -0.2) is 0 Å². The molecule has 104 valence electrons. The second kappa shape index (κ2) is 5.80. The van der Waals surface area contributed by atoms with Crippen LogP contribution in [0, 0.1) is 5.92 Å². The van der Waals surface area contributed by atoms with Crippen LogP contribution in [-0.4, -0.2) is 37.0 Å². The van der Waals surface area contributed by atoms with Crippen LogP contribution in [0.15, 0.2) is 18.2 Å². The number of carbonyl (C=O) groups is 1. The SMILES string of the molecule is CC1CN(C)CCC1NC(=O)c1ccc(Cl)cc1N. The summed E-state index contributed by atoms with van der Waals surface area (Å²) in [6.07, 6.45) is 0.969. The van der Waals surface area contributed by atoms with Gasteiger partial charge in [-0.05, 0) is 44.1 Å². The molecule has 2 unspecified atom stereocenters. The second-order valence-electron chi connectivity index (χ2n) is 5.34. The topological polar surface area (TPSA) is 58.4 Å². The van der Waals surface area contributed by atoms with E-state index in [4.69, 9.17) is 17.3 Å². The molecule has 19 heavy (non-hydrogen) atoms. The van der Waals surface area contributed by atoms with E-state index in [1.165, 1.54) is 0 Å². The van der Waals surface area contributed by atoms with Gasteiger partial charge in [-0.2, -0.15) is 0 Å². The first kappa shape index (κ1) is 14.2. The van der Waals surface area contributed by atoms with E-state index in [1.54, 1.807) is 18.2 Å². The first-order valence-corrected chi connectivity index (χ1v) is 6.89. The van der Waals surface area contributed by atoms with Gasteiger partial charge in [0.25, 0.3) is 5.91 Å². The maximum Gasteiger partial charge on any atom is 0.253 e. The third-order valence-corrected chi connectivity index (χ3v) is 3.92. The number of nitrogens with zero attached hydrogens (tertiary/aromatic N) is 1. The molecule has 1 aromatic rings. The van der Waals surface area contributed by atoms with Gasteiger partial charge < -0.3 is 16.0 Å². The number of anilines is 1. The van der Waals surface area contributed by atoms with E-state index in [9.17, 15) is 4.79 Å². The van der Waals surface area contributed by atoms with E-state index in [-0.39, 0.29) is 11.9 Å². The molecule has 3 N–H and O–H groups in total. The van der Waals surface area contributed by atoms with E-state index < -0.39 is 0 Å². The van der Waals surface area contributed by atoms with E-state index in [0.29, 0.717) is 22.2 Å². The number of halogens is 1. The largest absolute Gasteiger partial charge is 0.398 e. The average molecular weight is 282 g/mol. The molecule has 1 aliphatic rings. The van der Waals surface area contributed by atoms with Crippen LogP contribution in [-0.2, 0) is 0 Å².